The summed E-state index contributed by atoms with van der Waals surface area (Å²) in [4.78, 5) is 11.3. The van der Waals surface area contributed by atoms with Gasteiger partial charge in [0.05, 0.1) is 29.8 Å². The molecule has 1 aromatic carbocycles. The third-order valence-corrected chi connectivity index (χ3v) is 2.63. The Labute approximate surface area is 111 Å². The zero-order chi connectivity index (χ0) is 13.8. The number of benzene rings is 1. The highest BCUT2D eigenvalue weighted by atomic mass is 16.5. The fourth-order valence-corrected chi connectivity index (χ4v) is 1.79. The molecule has 0 amide bonds. The van der Waals surface area contributed by atoms with Crippen molar-refractivity contribution < 1.29 is 14.3 Å². The first-order chi connectivity index (χ1) is 9.11. The molecule has 5 heteroatoms. The fourth-order valence-electron chi connectivity index (χ4n) is 1.79. The quantitative estimate of drug-likeness (QED) is 0.481. The molecule has 0 saturated heterocycles. The van der Waals surface area contributed by atoms with Crippen LogP contribution in [0.25, 0.3) is 10.9 Å². The molecule has 2 aromatic rings. The van der Waals surface area contributed by atoms with Gasteiger partial charge in [-0.2, -0.15) is 5.10 Å². The molecule has 0 radical (unpaired) electrons. The van der Waals surface area contributed by atoms with Crippen LogP contribution in [-0.4, -0.2) is 22.4 Å². The Bertz CT molecular complexity index is 629. The van der Waals surface area contributed by atoms with Gasteiger partial charge in [0.25, 0.3) is 0 Å². The Hall–Kier alpha value is -2.30. The SMILES string of the molecule is CCOC(=O)C=C(C)Oc1cccc2c1cnn2C. The number of hydrogen-bond donors (Lipinski definition) is 0. The lowest BCUT2D eigenvalue weighted by Gasteiger charge is -2.07. The Morgan fingerprint density at radius 1 is 1.47 bits per heavy atom. The molecule has 5 nitrogen and oxygen atoms in total. The normalized spacial score (nSPS) is 11.6. The molecule has 0 spiro atoms. The number of carbonyl (C=O) groups excluding carboxylic acids is 1. The summed E-state index contributed by atoms with van der Waals surface area (Å²) in [7, 11) is 1.87. The van der Waals surface area contributed by atoms with Crippen LogP contribution >= 0.6 is 0 Å². The number of allylic oxidation sites excluding steroid dienone is 1. The van der Waals surface area contributed by atoms with E-state index in [2.05, 4.69) is 5.10 Å². The van der Waals surface area contributed by atoms with Crippen LogP contribution in [0.5, 0.6) is 5.75 Å². The molecule has 0 aliphatic rings. The molecule has 0 atom stereocenters. The van der Waals surface area contributed by atoms with Crippen molar-refractivity contribution in [3.63, 3.8) is 0 Å². The molecule has 19 heavy (non-hydrogen) atoms. The molecule has 1 heterocycles. The van der Waals surface area contributed by atoms with Gasteiger partial charge >= 0.3 is 5.97 Å². The number of rotatable bonds is 4. The van der Waals surface area contributed by atoms with E-state index in [4.69, 9.17) is 9.47 Å². The van der Waals surface area contributed by atoms with Crippen molar-refractivity contribution in [3.8, 4) is 5.75 Å². The van der Waals surface area contributed by atoms with E-state index in [1.54, 1.807) is 24.7 Å². The average molecular weight is 260 g/mol. The average Bonchev–Trinajstić information content (AvgIpc) is 2.72. The largest absolute Gasteiger partial charge is 0.463 e. The van der Waals surface area contributed by atoms with E-state index >= 15 is 0 Å². The van der Waals surface area contributed by atoms with Crippen molar-refractivity contribution >= 4 is 16.9 Å². The third-order valence-electron chi connectivity index (χ3n) is 2.63. The molecule has 0 N–H and O–H groups in total. The van der Waals surface area contributed by atoms with Gasteiger partial charge in [0.1, 0.15) is 11.5 Å². The van der Waals surface area contributed by atoms with Gasteiger partial charge in [0.2, 0.25) is 0 Å². The van der Waals surface area contributed by atoms with Crippen LogP contribution in [0.1, 0.15) is 13.8 Å². The number of aryl methyl sites for hydroxylation is 1. The molecule has 0 aliphatic heterocycles. The van der Waals surface area contributed by atoms with Crippen LogP contribution < -0.4 is 4.74 Å². The van der Waals surface area contributed by atoms with Crippen LogP contribution in [0.15, 0.2) is 36.2 Å². The lowest BCUT2D eigenvalue weighted by Crippen LogP contribution is -2.02. The first kappa shape index (κ1) is 13.1. The number of carbonyl (C=O) groups is 1. The zero-order valence-electron chi connectivity index (χ0n) is 11.2. The molecule has 0 bridgehead atoms. The van der Waals surface area contributed by atoms with Crippen LogP contribution in [0.2, 0.25) is 0 Å². The molecular weight excluding hydrogens is 244 g/mol. The van der Waals surface area contributed by atoms with Gasteiger partial charge in [0.15, 0.2) is 0 Å². The van der Waals surface area contributed by atoms with Gasteiger partial charge in [-0.05, 0) is 26.0 Å². The first-order valence-electron chi connectivity index (χ1n) is 6.05. The Kier molecular flexibility index (Phi) is 3.85. The summed E-state index contributed by atoms with van der Waals surface area (Å²) in [6.07, 6.45) is 3.07. The highest BCUT2D eigenvalue weighted by Crippen LogP contribution is 2.26. The van der Waals surface area contributed by atoms with Gasteiger partial charge in [-0.1, -0.05) is 6.07 Å². The van der Waals surface area contributed by atoms with E-state index < -0.39 is 5.97 Å². The Morgan fingerprint density at radius 2 is 2.26 bits per heavy atom. The fraction of sp³-hybridized carbons (Fsp3) is 0.286. The van der Waals surface area contributed by atoms with E-state index in [9.17, 15) is 4.79 Å². The van der Waals surface area contributed by atoms with Gasteiger partial charge < -0.3 is 9.47 Å². The second kappa shape index (κ2) is 5.56. The molecule has 0 aliphatic carbocycles. The van der Waals surface area contributed by atoms with Gasteiger partial charge in [-0.3, -0.25) is 4.68 Å². The summed E-state index contributed by atoms with van der Waals surface area (Å²) >= 11 is 0. The monoisotopic (exact) mass is 260 g/mol. The standard InChI is InChI=1S/C14H16N2O3/c1-4-18-14(17)8-10(2)19-13-7-5-6-12-11(13)9-15-16(12)3/h5-9H,4H2,1-3H3. The van der Waals surface area contributed by atoms with Crippen molar-refractivity contribution in [1.82, 2.24) is 9.78 Å². The molecule has 0 fully saturated rings. The van der Waals surface area contributed by atoms with Crippen molar-refractivity contribution in [3.05, 3.63) is 36.2 Å². The highest BCUT2D eigenvalue weighted by molar-refractivity contribution is 5.86. The summed E-state index contributed by atoms with van der Waals surface area (Å²) < 4.78 is 12.3. The smallest absolute Gasteiger partial charge is 0.334 e. The van der Waals surface area contributed by atoms with Crippen LogP contribution in [0.3, 0.4) is 0 Å². The number of aromatic nitrogens is 2. The van der Waals surface area contributed by atoms with Crippen LogP contribution in [-0.2, 0) is 16.6 Å². The summed E-state index contributed by atoms with van der Waals surface area (Å²) in [6, 6.07) is 5.68. The van der Waals surface area contributed by atoms with Gasteiger partial charge in [-0.15, -0.1) is 0 Å². The molecule has 0 unspecified atom stereocenters. The van der Waals surface area contributed by atoms with E-state index in [-0.39, 0.29) is 0 Å². The lowest BCUT2D eigenvalue weighted by atomic mass is 10.2. The van der Waals surface area contributed by atoms with Gasteiger partial charge in [0, 0.05) is 7.05 Å². The molecule has 100 valence electrons. The number of ether oxygens (including phenoxy) is 2. The first-order valence-corrected chi connectivity index (χ1v) is 6.05. The molecular formula is C14H16N2O3. The van der Waals surface area contributed by atoms with Crippen molar-refractivity contribution in [2.75, 3.05) is 6.61 Å². The maximum Gasteiger partial charge on any atom is 0.334 e. The maximum atomic E-state index is 11.3. The zero-order valence-corrected chi connectivity index (χ0v) is 11.2. The van der Waals surface area contributed by atoms with E-state index in [0.29, 0.717) is 18.1 Å². The van der Waals surface area contributed by atoms with Crippen molar-refractivity contribution in [1.29, 1.82) is 0 Å². The summed E-state index contributed by atoms with van der Waals surface area (Å²) in [5, 5.41) is 5.08. The second-order valence-electron chi connectivity index (χ2n) is 4.07. The predicted octanol–water partition coefficient (Wildman–Crippen LogP) is 2.42. The van der Waals surface area contributed by atoms with E-state index in [0.717, 1.165) is 10.9 Å². The molecule has 1 aromatic heterocycles. The van der Waals surface area contributed by atoms with Crippen LogP contribution in [0, 0.1) is 0 Å². The summed E-state index contributed by atoms with van der Waals surface area (Å²) in [5.74, 6) is 0.747. The maximum absolute atomic E-state index is 11.3. The van der Waals surface area contributed by atoms with E-state index in [1.165, 1.54) is 6.08 Å². The Morgan fingerprint density at radius 3 is 3.00 bits per heavy atom. The van der Waals surface area contributed by atoms with Crippen molar-refractivity contribution in [2.45, 2.75) is 13.8 Å². The second-order valence-corrected chi connectivity index (χ2v) is 4.07. The van der Waals surface area contributed by atoms with Crippen molar-refractivity contribution in [2.24, 2.45) is 7.05 Å². The molecule has 2 rings (SSSR count). The highest BCUT2D eigenvalue weighted by Gasteiger charge is 2.07. The Balaban J connectivity index is 2.24. The number of nitrogens with zero attached hydrogens (tertiary/aromatic N) is 2. The minimum absolute atomic E-state index is 0.348. The summed E-state index contributed by atoms with van der Waals surface area (Å²) in [5.41, 5.74) is 0.974. The number of esters is 1. The minimum atomic E-state index is -0.404. The lowest BCUT2D eigenvalue weighted by molar-refractivity contribution is -0.137. The minimum Gasteiger partial charge on any atom is -0.463 e. The predicted molar refractivity (Wildman–Crippen MR) is 71.7 cm³/mol. The summed E-state index contributed by atoms with van der Waals surface area (Å²) in [6.45, 7) is 3.82. The van der Waals surface area contributed by atoms with E-state index in [1.807, 2.05) is 25.2 Å². The van der Waals surface area contributed by atoms with Gasteiger partial charge in [-0.25, -0.2) is 4.79 Å². The molecule has 0 saturated carbocycles. The number of fused-ring (bicyclic) bond motifs is 1. The van der Waals surface area contributed by atoms with Crippen LogP contribution in [0.4, 0.5) is 0 Å². The topological polar surface area (TPSA) is 53.4 Å². The third kappa shape index (κ3) is 2.93. The number of hydrogen-bond acceptors (Lipinski definition) is 4.